The summed E-state index contributed by atoms with van der Waals surface area (Å²) in [5, 5.41) is 11.7. The highest BCUT2D eigenvalue weighted by Gasteiger charge is 2.39. The molecule has 2 N–H and O–H groups in total. The van der Waals surface area contributed by atoms with E-state index in [0.29, 0.717) is 0 Å². The predicted molar refractivity (Wildman–Crippen MR) is 47.6 cm³/mol. The van der Waals surface area contributed by atoms with Gasteiger partial charge in [-0.3, -0.25) is 0 Å². The van der Waals surface area contributed by atoms with Crippen LogP contribution in [-0.4, -0.2) is 54.9 Å². The second kappa shape index (κ2) is 4.28. The molecule has 1 fully saturated rings. The molecule has 2 amide bonds. The van der Waals surface area contributed by atoms with Gasteiger partial charge in [-0.05, 0) is 0 Å². The summed E-state index contributed by atoms with van der Waals surface area (Å²) in [5.41, 5.74) is 0. The number of β-amino-alcohol motifs (C(OH)–C–C–N with tert-alkyl or cyclic N) is 1. The second-order valence-corrected chi connectivity index (χ2v) is 3.14. The Bertz CT molecular complexity index is 219. The number of aliphatic hydroxyl groups is 1. The highest BCUT2D eigenvalue weighted by Crippen LogP contribution is 2.18. The van der Waals surface area contributed by atoms with E-state index < -0.39 is 18.1 Å². The summed E-state index contributed by atoms with van der Waals surface area (Å²) < 4.78 is 4.54. The molecule has 1 aliphatic rings. The number of hydrogen-bond acceptors (Lipinski definition) is 4. The van der Waals surface area contributed by atoms with Gasteiger partial charge in [-0.2, -0.15) is 0 Å². The number of carbonyl (C=O) groups excluding carboxylic acids is 2. The van der Waals surface area contributed by atoms with E-state index in [-0.39, 0.29) is 19.0 Å². The topological polar surface area (TPSA) is 78.9 Å². The average molecular weight is 202 g/mol. The van der Waals surface area contributed by atoms with Crippen LogP contribution in [0, 0.1) is 0 Å². The van der Waals surface area contributed by atoms with Crippen LogP contribution in [-0.2, 0) is 9.53 Å². The monoisotopic (exact) mass is 202 g/mol. The first kappa shape index (κ1) is 10.8. The Morgan fingerprint density at radius 1 is 1.57 bits per heavy atom. The number of nitrogens with one attached hydrogen (secondary N) is 1. The Balaban J connectivity index is 2.72. The maximum Gasteiger partial charge on any atom is 0.328 e. The summed E-state index contributed by atoms with van der Waals surface area (Å²) in [6, 6.07) is -1.05. The summed E-state index contributed by atoms with van der Waals surface area (Å²) >= 11 is 0. The first-order valence-corrected chi connectivity index (χ1v) is 4.34. The van der Waals surface area contributed by atoms with Gasteiger partial charge in [0.25, 0.3) is 0 Å². The van der Waals surface area contributed by atoms with Crippen molar-refractivity contribution in [3.8, 4) is 0 Å². The van der Waals surface area contributed by atoms with Crippen molar-refractivity contribution >= 4 is 12.0 Å². The summed E-state index contributed by atoms with van der Waals surface area (Å²) in [5.74, 6) is -0.495. The molecule has 6 nitrogen and oxygen atoms in total. The zero-order chi connectivity index (χ0) is 10.7. The number of urea groups is 1. The average Bonchev–Trinajstić information content (AvgIpc) is 2.58. The number of methoxy groups -OCH3 is 1. The van der Waals surface area contributed by atoms with Crippen molar-refractivity contribution in [3.05, 3.63) is 0 Å². The zero-order valence-electron chi connectivity index (χ0n) is 8.19. The Labute approximate surface area is 81.8 Å². The van der Waals surface area contributed by atoms with Crippen molar-refractivity contribution in [1.82, 2.24) is 10.2 Å². The van der Waals surface area contributed by atoms with Gasteiger partial charge in [-0.15, -0.1) is 0 Å². The van der Waals surface area contributed by atoms with Crippen LogP contribution in [0.1, 0.15) is 6.42 Å². The van der Waals surface area contributed by atoms with E-state index in [1.54, 1.807) is 0 Å². The molecule has 0 aromatic rings. The minimum Gasteiger partial charge on any atom is -0.467 e. The first-order chi connectivity index (χ1) is 6.60. The van der Waals surface area contributed by atoms with E-state index in [4.69, 9.17) is 0 Å². The molecule has 0 radical (unpaired) electrons. The third kappa shape index (κ3) is 1.95. The van der Waals surface area contributed by atoms with Crippen LogP contribution in [0.3, 0.4) is 0 Å². The molecular weight excluding hydrogens is 188 g/mol. The fraction of sp³-hybridized carbons (Fsp3) is 0.750. The molecule has 1 saturated heterocycles. The summed E-state index contributed by atoms with van der Waals surface area (Å²) in [6.07, 6.45) is -0.420. The molecule has 0 bridgehead atoms. The van der Waals surface area contributed by atoms with E-state index in [9.17, 15) is 14.7 Å². The molecule has 0 aromatic carbocycles. The van der Waals surface area contributed by atoms with E-state index in [1.165, 1.54) is 19.1 Å². The molecule has 2 atom stereocenters. The SMILES string of the molecule is CNC(=O)N1C[C@@H](O)CC1C(=O)OC. The summed E-state index contributed by atoms with van der Waals surface area (Å²) in [6.45, 7) is 0.166. The Hall–Kier alpha value is -1.30. The molecule has 0 aromatic heterocycles. The summed E-state index contributed by atoms with van der Waals surface area (Å²) in [4.78, 5) is 23.8. The standard InChI is InChI=1S/C8H14N2O4/c1-9-8(13)10-4-5(11)3-6(10)7(12)14-2/h5-6,11H,3-4H2,1-2H3,(H,9,13)/t5-,6?/m0/s1. The maximum atomic E-state index is 11.3. The van der Waals surface area contributed by atoms with E-state index in [2.05, 4.69) is 10.1 Å². The lowest BCUT2D eigenvalue weighted by molar-refractivity contribution is -0.145. The highest BCUT2D eigenvalue weighted by atomic mass is 16.5. The number of aliphatic hydroxyl groups excluding tert-OH is 1. The number of ether oxygens (including phenoxy) is 1. The van der Waals surface area contributed by atoms with E-state index in [1.807, 2.05) is 0 Å². The van der Waals surface area contributed by atoms with Gasteiger partial charge in [0.15, 0.2) is 0 Å². The van der Waals surface area contributed by atoms with Gasteiger partial charge in [-0.1, -0.05) is 0 Å². The van der Waals surface area contributed by atoms with E-state index in [0.717, 1.165) is 0 Å². The Kier molecular flexibility index (Phi) is 3.29. The molecule has 14 heavy (non-hydrogen) atoms. The second-order valence-electron chi connectivity index (χ2n) is 3.14. The van der Waals surface area contributed by atoms with Crippen molar-refractivity contribution in [3.63, 3.8) is 0 Å². The smallest absolute Gasteiger partial charge is 0.328 e. The van der Waals surface area contributed by atoms with Crippen LogP contribution in [0.25, 0.3) is 0 Å². The number of esters is 1. The minimum atomic E-state index is -0.671. The van der Waals surface area contributed by atoms with Gasteiger partial charge in [0.2, 0.25) is 0 Å². The van der Waals surface area contributed by atoms with Crippen molar-refractivity contribution in [2.45, 2.75) is 18.6 Å². The maximum absolute atomic E-state index is 11.3. The minimum absolute atomic E-state index is 0.166. The molecule has 1 aliphatic heterocycles. The third-order valence-electron chi connectivity index (χ3n) is 2.23. The molecular formula is C8H14N2O4. The van der Waals surface area contributed by atoms with Crippen LogP contribution >= 0.6 is 0 Å². The lowest BCUT2D eigenvalue weighted by atomic mass is 10.2. The largest absolute Gasteiger partial charge is 0.467 e. The van der Waals surface area contributed by atoms with Crippen LogP contribution in [0.15, 0.2) is 0 Å². The fourth-order valence-electron chi connectivity index (χ4n) is 1.54. The molecule has 0 saturated carbocycles. The van der Waals surface area contributed by atoms with Crippen LogP contribution in [0.4, 0.5) is 4.79 Å². The van der Waals surface area contributed by atoms with Crippen molar-refractivity contribution in [1.29, 1.82) is 0 Å². The first-order valence-electron chi connectivity index (χ1n) is 4.34. The van der Waals surface area contributed by atoms with Crippen molar-refractivity contribution in [2.75, 3.05) is 20.7 Å². The molecule has 0 aliphatic carbocycles. The number of hydrogen-bond donors (Lipinski definition) is 2. The number of rotatable bonds is 1. The molecule has 1 unspecified atom stereocenters. The van der Waals surface area contributed by atoms with Gasteiger partial charge >= 0.3 is 12.0 Å². The molecule has 1 rings (SSSR count). The normalized spacial score (nSPS) is 26.1. The Morgan fingerprint density at radius 3 is 2.71 bits per heavy atom. The van der Waals surface area contributed by atoms with Gasteiger partial charge in [-0.25, -0.2) is 9.59 Å². The fourth-order valence-corrected chi connectivity index (χ4v) is 1.54. The molecule has 80 valence electrons. The quantitative estimate of drug-likeness (QED) is 0.531. The number of likely N-dealkylation sites (tertiary alicyclic amines) is 1. The van der Waals surface area contributed by atoms with Crippen molar-refractivity contribution in [2.24, 2.45) is 0 Å². The van der Waals surface area contributed by atoms with Gasteiger partial charge in [0.1, 0.15) is 6.04 Å². The van der Waals surface area contributed by atoms with Gasteiger partial charge < -0.3 is 20.1 Å². The summed E-state index contributed by atoms with van der Waals surface area (Å²) in [7, 11) is 2.73. The Morgan fingerprint density at radius 2 is 2.21 bits per heavy atom. The zero-order valence-corrected chi connectivity index (χ0v) is 8.19. The van der Waals surface area contributed by atoms with Crippen LogP contribution < -0.4 is 5.32 Å². The van der Waals surface area contributed by atoms with Crippen molar-refractivity contribution < 1.29 is 19.4 Å². The van der Waals surface area contributed by atoms with E-state index >= 15 is 0 Å². The van der Waals surface area contributed by atoms with Crippen LogP contribution in [0.5, 0.6) is 0 Å². The predicted octanol–water partition coefficient (Wildman–Crippen LogP) is -1.07. The number of nitrogens with zero attached hydrogens (tertiary/aromatic N) is 1. The van der Waals surface area contributed by atoms with Gasteiger partial charge in [0, 0.05) is 20.0 Å². The molecule has 1 heterocycles. The lowest BCUT2D eigenvalue weighted by Gasteiger charge is -2.21. The van der Waals surface area contributed by atoms with Crippen LogP contribution in [0.2, 0.25) is 0 Å². The lowest BCUT2D eigenvalue weighted by Crippen LogP contribution is -2.45. The molecule has 0 spiro atoms. The highest BCUT2D eigenvalue weighted by molar-refractivity contribution is 5.84. The molecule has 6 heteroatoms. The number of carbonyl (C=O) groups is 2. The third-order valence-corrected chi connectivity index (χ3v) is 2.23. The van der Waals surface area contributed by atoms with Gasteiger partial charge in [0.05, 0.1) is 13.2 Å². The number of amides is 2.